The molecule has 0 saturated carbocycles. The van der Waals surface area contributed by atoms with Gasteiger partial charge >= 0.3 is 0 Å². The zero-order chi connectivity index (χ0) is 27.7. The number of aromatic nitrogens is 4. The maximum Gasteiger partial charge on any atom is 0.251 e. The summed E-state index contributed by atoms with van der Waals surface area (Å²) in [6.07, 6.45) is 6.09. The van der Waals surface area contributed by atoms with E-state index in [1.807, 2.05) is 10.6 Å². The number of rotatable bonds is 7. The highest BCUT2D eigenvalue weighted by Gasteiger charge is 2.36. The van der Waals surface area contributed by atoms with Crippen LogP contribution in [0.1, 0.15) is 67.8 Å². The van der Waals surface area contributed by atoms with Crippen LogP contribution in [-0.2, 0) is 0 Å². The first-order valence-corrected chi connectivity index (χ1v) is 13.4. The van der Waals surface area contributed by atoms with Gasteiger partial charge in [0, 0.05) is 17.6 Å². The monoisotopic (exact) mass is 529 g/mol. The first kappa shape index (κ1) is 26.4. The standard InChI is InChI=1S/C28H35N9O2/c1-6-22-25-21(14-29)31-16-36(25)23-15-30-28(34-26(23)37(22)17(2)3)33-20-8-7-18(13-24(20)39-5)27(38)32-19-9-11-35(4)12-10-19/h7-8,13,15-17,19,22H,6,9-12H2,1-5H3,(H,32,38)(H,30,33,34)/t22-/m1/s1. The van der Waals surface area contributed by atoms with E-state index in [0.29, 0.717) is 28.6 Å². The molecule has 1 fully saturated rings. The van der Waals surface area contributed by atoms with Gasteiger partial charge in [-0.3, -0.25) is 9.36 Å². The fourth-order valence-electron chi connectivity index (χ4n) is 5.49. The van der Waals surface area contributed by atoms with Crippen molar-refractivity contribution in [3.8, 4) is 17.5 Å². The highest BCUT2D eigenvalue weighted by molar-refractivity contribution is 5.95. The van der Waals surface area contributed by atoms with E-state index >= 15 is 0 Å². The van der Waals surface area contributed by atoms with Gasteiger partial charge in [0.1, 0.15) is 23.8 Å². The number of nitriles is 1. The van der Waals surface area contributed by atoms with Gasteiger partial charge < -0.3 is 25.2 Å². The lowest BCUT2D eigenvalue weighted by Gasteiger charge is -2.40. The van der Waals surface area contributed by atoms with Crippen LogP contribution < -0.4 is 20.3 Å². The van der Waals surface area contributed by atoms with E-state index in [2.05, 4.69) is 64.3 Å². The van der Waals surface area contributed by atoms with Crippen molar-refractivity contribution < 1.29 is 9.53 Å². The van der Waals surface area contributed by atoms with Gasteiger partial charge in [0.25, 0.3) is 5.91 Å². The zero-order valence-electron chi connectivity index (χ0n) is 23.1. The van der Waals surface area contributed by atoms with E-state index in [1.165, 1.54) is 0 Å². The van der Waals surface area contributed by atoms with E-state index in [-0.39, 0.29) is 24.0 Å². The topological polar surface area (TPSA) is 124 Å². The number of benzene rings is 1. The second-order valence-electron chi connectivity index (χ2n) is 10.4. The number of nitrogens with one attached hydrogen (secondary N) is 2. The Morgan fingerprint density at radius 3 is 2.69 bits per heavy atom. The van der Waals surface area contributed by atoms with Crippen molar-refractivity contribution in [3.63, 3.8) is 0 Å². The van der Waals surface area contributed by atoms with Gasteiger partial charge in [0.15, 0.2) is 11.5 Å². The second-order valence-corrected chi connectivity index (χ2v) is 10.4. The molecule has 11 heteroatoms. The molecule has 0 unspecified atom stereocenters. The molecule has 2 aromatic heterocycles. The van der Waals surface area contributed by atoms with Gasteiger partial charge in [-0.15, -0.1) is 0 Å². The number of methoxy groups -OCH3 is 1. The smallest absolute Gasteiger partial charge is 0.251 e. The molecule has 0 radical (unpaired) electrons. The second kappa shape index (κ2) is 10.9. The Balaban J connectivity index is 1.42. The van der Waals surface area contributed by atoms with Crippen LogP contribution in [0.15, 0.2) is 30.7 Å². The first-order chi connectivity index (χ1) is 18.8. The maximum atomic E-state index is 12.9. The number of anilines is 3. The van der Waals surface area contributed by atoms with Gasteiger partial charge in [0.05, 0.1) is 30.7 Å². The minimum absolute atomic E-state index is 0.0469. The summed E-state index contributed by atoms with van der Waals surface area (Å²) in [5.74, 6) is 1.58. The minimum atomic E-state index is -0.106. The van der Waals surface area contributed by atoms with Crippen LogP contribution in [0.25, 0.3) is 5.69 Å². The predicted molar refractivity (Wildman–Crippen MR) is 149 cm³/mol. The molecule has 1 amide bonds. The van der Waals surface area contributed by atoms with Crippen LogP contribution in [0.2, 0.25) is 0 Å². The molecule has 1 aromatic carbocycles. The SMILES string of the molecule is CC[C@@H]1c2c(C#N)ncn2-c2cnc(Nc3ccc(C(=O)NC4CCN(C)CC4)cc3OC)nc2N1C(C)C. The third-order valence-electron chi connectivity index (χ3n) is 7.52. The third kappa shape index (κ3) is 5.00. The summed E-state index contributed by atoms with van der Waals surface area (Å²) in [5, 5.41) is 16.1. The number of nitrogens with zero attached hydrogens (tertiary/aromatic N) is 7. The predicted octanol–water partition coefficient (Wildman–Crippen LogP) is 3.79. The quantitative estimate of drug-likeness (QED) is 0.470. The summed E-state index contributed by atoms with van der Waals surface area (Å²) in [7, 11) is 3.68. The molecular weight excluding hydrogens is 494 g/mol. The van der Waals surface area contributed by atoms with E-state index in [0.717, 1.165) is 49.6 Å². The number of ether oxygens (including phenoxy) is 1. The Kier molecular flexibility index (Phi) is 7.39. The van der Waals surface area contributed by atoms with Crippen LogP contribution >= 0.6 is 0 Å². The number of amides is 1. The van der Waals surface area contributed by atoms with Gasteiger partial charge in [-0.05, 0) is 71.4 Å². The number of piperidine rings is 1. The molecular formula is C28H35N9O2. The molecule has 204 valence electrons. The van der Waals surface area contributed by atoms with E-state index in [1.54, 1.807) is 31.8 Å². The summed E-state index contributed by atoms with van der Waals surface area (Å²) in [6.45, 7) is 8.27. The number of likely N-dealkylation sites (tertiary alicyclic amines) is 1. The lowest BCUT2D eigenvalue weighted by atomic mass is 10.0. The molecule has 0 spiro atoms. The summed E-state index contributed by atoms with van der Waals surface area (Å²) in [4.78, 5) is 31.2. The lowest BCUT2D eigenvalue weighted by molar-refractivity contribution is 0.0916. The molecule has 2 N–H and O–H groups in total. The fraction of sp³-hybridized carbons (Fsp3) is 0.464. The van der Waals surface area contributed by atoms with E-state index in [4.69, 9.17) is 9.72 Å². The maximum absolute atomic E-state index is 12.9. The summed E-state index contributed by atoms with van der Waals surface area (Å²) < 4.78 is 7.54. The zero-order valence-corrected chi connectivity index (χ0v) is 23.1. The molecule has 5 rings (SSSR count). The molecule has 0 bridgehead atoms. The molecule has 0 aliphatic carbocycles. The lowest BCUT2D eigenvalue weighted by Crippen LogP contribution is -2.43. The molecule has 3 aromatic rings. The van der Waals surface area contributed by atoms with Gasteiger partial charge in [-0.2, -0.15) is 10.2 Å². The highest BCUT2D eigenvalue weighted by atomic mass is 16.5. The third-order valence-corrected chi connectivity index (χ3v) is 7.52. The van der Waals surface area contributed by atoms with Crippen molar-refractivity contribution in [2.75, 3.05) is 37.5 Å². The summed E-state index contributed by atoms with van der Waals surface area (Å²) in [5.41, 5.74) is 3.25. The van der Waals surface area contributed by atoms with Crippen molar-refractivity contribution in [1.29, 1.82) is 5.26 Å². The number of fused-ring (bicyclic) bond motifs is 3. The van der Waals surface area contributed by atoms with Crippen LogP contribution in [0.4, 0.5) is 17.5 Å². The van der Waals surface area contributed by atoms with Crippen molar-refractivity contribution in [2.45, 2.75) is 58.2 Å². The molecule has 1 atom stereocenters. The summed E-state index contributed by atoms with van der Waals surface area (Å²) in [6, 6.07) is 7.82. The molecule has 2 aliphatic heterocycles. The van der Waals surface area contributed by atoms with Crippen molar-refractivity contribution in [2.24, 2.45) is 0 Å². The Morgan fingerprint density at radius 2 is 2.03 bits per heavy atom. The molecule has 1 saturated heterocycles. The highest BCUT2D eigenvalue weighted by Crippen LogP contribution is 2.42. The van der Waals surface area contributed by atoms with Crippen molar-refractivity contribution in [1.82, 2.24) is 29.7 Å². The molecule has 11 nitrogen and oxygen atoms in total. The Labute approximate surface area is 228 Å². The first-order valence-electron chi connectivity index (χ1n) is 13.4. The summed E-state index contributed by atoms with van der Waals surface area (Å²) >= 11 is 0. The van der Waals surface area contributed by atoms with Crippen LogP contribution in [0, 0.1) is 11.3 Å². The van der Waals surface area contributed by atoms with Gasteiger partial charge in [-0.1, -0.05) is 6.92 Å². The number of hydrogen-bond donors (Lipinski definition) is 2. The average molecular weight is 530 g/mol. The van der Waals surface area contributed by atoms with E-state index in [9.17, 15) is 10.1 Å². The molecule has 2 aliphatic rings. The Hall–Kier alpha value is -4.17. The largest absolute Gasteiger partial charge is 0.495 e. The number of imidazole rings is 1. The van der Waals surface area contributed by atoms with Crippen molar-refractivity contribution >= 4 is 23.4 Å². The normalized spacial score (nSPS) is 17.4. The number of carbonyl (C=O) groups excluding carboxylic acids is 1. The van der Waals surface area contributed by atoms with Crippen LogP contribution in [0.3, 0.4) is 0 Å². The Morgan fingerprint density at radius 1 is 1.26 bits per heavy atom. The average Bonchev–Trinajstić information content (AvgIpc) is 3.37. The van der Waals surface area contributed by atoms with E-state index < -0.39 is 0 Å². The fourth-order valence-corrected chi connectivity index (χ4v) is 5.49. The van der Waals surface area contributed by atoms with Crippen LogP contribution in [-0.4, -0.2) is 69.7 Å². The van der Waals surface area contributed by atoms with Crippen molar-refractivity contribution in [3.05, 3.63) is 47.7 Å². The number of hydrogen-bond acceptors (Lipinski definition) is 9. The Bertz CT molecular complexity index is 1400. The van der Waals surface area contributed by atoms with Gasteiger partial charge in [-0.25, -0.2) is 9.97 Å². The minimum Gasteiger partial charge on any atom is -0.495 e. The molecule has 39 heavy (non-hydrogen) atoms. The number of carbonyl (C=O) groups is 1. The van der Waals surface area contributed by atoms with Crippen LogP contribution in [0.5, 0.6) is 5.75 Å². The van der Waals surface area contributed by atoms with Gasteiger partial charge in [0.2, 0.25) is 5.95 Å². The molecule has 4 heterocycles.